The summed E-state index contributed by atoms with van der Waals surface area (Å²) in [5.74, 6) is 0.738. The van der Waals surface area contributed by atoms with E-state index in [0.717, 1.165) is 6.42 Å². The Morgan fingerprint density at radius 2 is 2.00 bits per heavy atom. The predicted octanol–water partition coefficient (Wildman–Crippen LogP) is 3.55. The van der Waals surface area contributed by atoms with E-state index in [1.54, 1.807) is 25.3 Å². The summed E-state index contributed by atoms with van der Waals surface area (Å²) in [4.78, 5) is 12.7. The SMILES string of the molecule is CCC(NC1CCCCCC1)C(=O)c1ccc(OC)c(N)c1. The predicted molar refractivity (Wildman–Crippen MR) is 90.4 cm³/mol. The van der Waals surface area contributed by atoms with E-state index in [2.05, 4.69) is 12.2 Å². The lowest BCUT2D eigenvalue weighted by atomic mass is 9.99. The minimum atomic E-state index is -0.129. The standard InChI is InChI=1S/C18H28N2O2/c1-3-16(20-14-8-6-4-5-7-9-14)18(21)13-10-11-17(22-2)15(19)12-13/h10-12,14,16,20H,3-9,19H2,1-2H3. The summed E-state index contributed by atoms with van der Waals surface area (Å²) < 4.78 is 5.15. The van der Waals surface area contributed by atoms with Gasteiger partial charge in [0.15, 0.2) is 5.78 Å². The topological polar surface area (TPSA) is 64.3 Å². The second kappa shape index (κ2) is 8.18. The van der Waals surface area contributed by atoms with E-state index in [1.807, 2.05) is 0 Å². The van der Waals surface area contributed by atoms with E-state index in [1.165, 1.54) is 38.5 Å². The molecule has 4 nitrogen and oxygen atoms in total. The maximum atomic E-state index is 12.7. The van der Waals surface area contributed by atoms with Gasteiger partial charge in [0.05, 0.1) is 18.8 Å². The molecular formula is C18H28N2O2. The number of rotatable bonds is 6. The third-order valence-corrected chi connectivity index (χ3v) is 4.53. The maximum Gasteiger partial charge on any atom is 0.179 e. The molecule has 0 bridgehead atoms. The molecule has 0 amide bonds. The zero-order valence-corrected chi connectivity index (χ0v) is 13.7. The van der Waals surface area contributed by atoms with Crippen LogP contribution >= 0.6 is 0 Å². The van der Waals surface area contributed by atoms with Crippen LogP contribution in [0.15, 0.2) is 18.2 Å². The Kier molecular flexibility index (Phi) is 6.25. The molecule has 1 saturated carbocycles. The van der Waals surface area contributed by atoms with Crippen LogP contribution in [0, 0.1) is 0 Å². The number of benzene rings is 1. The van der Waals surface area contributed by atoms with E-state index in [9.17, 15) is 4.79 Å². The minimum absolute atomic E-state index is 0.126. The molecule has 0 spiro atoms. The molecule has 122 valence electrons. The molecule has 1 unspecified atom stereocenters. The van der Waals surface area contributed by atoms with Crippen LogP contribution in [0.3, 0.4) is 0 Å². The highest BCUT2D eigenvalue weighted by atomic mass is 16.5. The molecule has 1 aliphatic carbocycles. The van der Waals surface area contributed by atoms with Gasteiger partial charge < -0.3 is 15.8 Å². The number of carbonyl (C=O) groups excluding carboxylic acids is 1. The average Bonchev–Trinajstić information content (AvgIpc) is 2.80. The Labute approximate surface area is 133 Å². The number of nitrogen functional groups attached to an aromatic ring is 1. The molecule has 1 fully saturated rings. The summed E-state index contributed by atoms with van der Waals surface area (Å²) in [6, 6.07) is 5.62. The van der Waals surface area contributed by atoms with Gasteiger partial charge in [-0.2, -0.15) is 0 Å². The number of Topliss-reactive ketones (excluding diaryl/α,β-unsaturated/α-hetero) is 1. The number of hydrogen-bond acceptors (Lipinski definition) is 4. The van der Waals surface area contributed by atoms with Gasteiger partial charge >= 0.3 is 0 Å². The molecule has 0 aliphatic heterocycles. The fourth-order valence-corrected chi connectivity index (χ4v) is 3.20. The van der Waals surface area contributed by atoms with Gasteiger partial charge in [-0.3, -0.25) is 4.79 Å². The summed E-state index contributed by atoms with van der Waals surface area (Å²) in [6.07, 6.45) is 8.30. The summed E-state index contributed by atoms with van der Waals surface area (Å²) in [7, 11) is 1.58. The fourth-order valence-electron chi connectivity index (χ4n) is 3.20. The van der Waals surface area contributed by atoms with Crippen molar-refractivity contribution < 1.29 is 9.53 Å². The zero-order chi connectivity index (χ0) is 15.9. The van der Waals surface area contributed by atoms with Gasteiger partial charge in [-0.25, -0.2) is 0 Å². The van der Waals surface area contributed by atoms with Gasteiger partial charge in [0, 0.05) is 11.6 Å². The smallest absolute Gasteiger partial charge is 0.179 e. The number of hydrogen-bond donors (Lipinski definition) is 2. The molecule has 0 heterocycles. The van der Waals surface area contributed by atoms with Crippen molar-refractivity contribution in [3.05, 3.63) is 23.8 Å². The van der Waals surface area contributed by atoms with E-state index in [0.29, 0.717) is 23.0 Å². The Morgan fingerprint density at radius 3 is 2.55 bits per heavy atom. The zero-order valence-electron chi connectivity index (χ0n) is 13.7. The third kappa shape index (κ3) is 4.23. The highest BCUT2D eigenvalue weighted by Gasteiger charge is 2.23. The monoisotopic (exact) mass is 304 g/mol. The van der Waals surface area contributed by atoms with Crippen LogP contribution in [0.5, 0.6) is 5.75 Å². The van der Waals surface area contributed by atoms with Crippen LogP contribution in [0.1, 0.15) is 62.2 Å². The summed E-state index contributed by atoms with van der Waals surface area (Å²) in [6.45, 7) is 2.05. The van der Waals surface area contributed by atoms with E-state index >= 15 is 0 Å². The van der Waals surface area contributed by atoms with E-state index in [4.69, 9.17) is 10.5 Å². The van der Waals surface area contributed by atoms with Crippen LogP contribution < -0.4 is 15.8 Å². The molecule has 2 rings (SSSR count). The van der Waals surface area contributed by atoms with Gasteiger partial charge in [0.2, 0.25) is 0 Å². The number of ether oxygens (including phenoxy) is 1. The van der Waals surface area contributed by atoms with Gasteiger partial charge in [-0.1, -0.05) is 32.6 Å². The van der Waals surface area contributed by atoms with Crippen molar-refractivity contribution in [3.8, 4) is 5.75 Å². The second-order valence-corrected chi connectivity index (χ2v) is 6.14. The maximum absolute atomic E-state index is 12.7. The molecule has 0 aromatic heterocycles. The van der Waals surface area contributed by atoms with Gasteiger partial charge in [0.1, 0.15) is 5.75 Å². The molecule has 1 aromatic carbocycles. The van der Waals surface area contributed by atoms with Crippen molar-refractivity contribution in [2.45, 2.75) is 64.0 Å². The second-order valence-electron chi connectivity index (χ2n) is 6.14. The molecule has 1 aliphatic rings. The van der Waals surface area contributed by atoms with Crippen molar-refractivity contribution in [3.63, 3.8) is 0 Å². The molecule has 4 heteroatoms. The van der Waals surface area contributed by atoms with Crippen molar-refractivity contribution in [2.75, 3.05) is 12.8 Å². The third-order valence-electron chi connectivity index (χ3n) is 4.53. The van der Waals surface area contributed by atoms with Crippen LogP contribution in [0.4, 0.5) is 5.69 Å². The molecule has 1 atom stereocenters. The first-order valence-corrected chi connectivity index (χ1v) is 8.39. The van der Waals surface area contributed by atoms with E-state index in [-0.39, 0.29) is 11.8 Å². The fraction of sp³-hybridized carbons (Fsp3) is 0.611. The first-order chi connectivity index (χ1) is 10.7. The lowest BCUT2D eigenvalue weighted by molar-refractivity contribution is 0.0931. The number of ketones is 1. The van der Waals surface area contributed by atoms with Gasteiger partial charge in [-0.15, -0.1) is 0 Å². The average molecular weight is 304 g/mol. The normalized spacial score (nSPS) is 17.7. The summed E-state index contributed by atoms with van der Waals surface area (Å²) >= 11 is 0. The van der Waals surface area contributed by atoms with Crippen molar-refractivity contribution in [1.82, 2.24) is 5.32 Å². The van der Waals surface area contributed by atoms with Crippen molar-refractivity contribution in [1.29, 1.82) is 0 Å². The molecule has 0 saturated heterocycles. The first-order valence-electron chi connectivity index (χ1n) is 8.39. The molecule has 1 aromatic rings. The molecule has 3 N–H and O–H groups in total. The molecule has 22 heavy (non-hydrogen) atoms. The lowest BCUT2D eigenvalue weighted by Gasteiger charge is -2.23. The van der Waals surface area contributed by atoms with E-state index < -0.39 is 0 Å². The minimum Gasteiger partial charge on any atom is -0.495 e. The Balaban J connectivity index is 2.05. The van der Waals surface area contributed by atoms with Crippen LogP contribution in [0.25, 0.3) is 0 Å². The van der Waals surface area contributed by atoms with Crippen molar-refractivity contribution >= 4 is 11.5 Å². The first kappa shape index (κ1) is 16.8. The quantitative estimate of drug-likeness (QED) is 0.479. The van der Waals surface area contributed by atoms with Crippen LogP contribution in [-0.2, 0) is 0 Å². The molecular weight excluding hydrogens is 276 g/mol. The number of carbonyl (C=O) groups is 1. The lowest BCUT2D eigenvalue weighted by Crippen LogP contribution is -2.42. The largest absolute Gasteiger partial charge is 0.495 e. The van der Waals surface area contributed by atoms with Gasteiger partial charge in [0.25, 0.3) is 0 Å². The van der Waals surface area contributed by atoms with Crippen LogP contribution in [0.2, 0.25) is 0 Å². The van der Waals surface area contributed by atoms with Crippen molar-refractivity contribution in [2.24, 2.45) is 0 Å². The Morgan fingerprint density at radius 1 is 1.32 bits per heavy atom. The number of anilines is 1. The highest BCUT2D eigenvalue weighted by Crippen LogP contribution is 2.23. The van der Waals surface area contributed by atoms with Crippen LogP contribution in [-0.4, -0.2) is 25.0 Å². The Hall–Kier alpha value is -1.55. The Bertz CT molecular complexity index is 494. The molecule has 0 radical (unpaired) electrons. The number of nitrogens with one attached hydrogen (secondary N) is 1. The van der Waals surface area contributed by atoms with Gasteiger partial charge in [-0.05, 0) is 37.5 Å². The summed E-state index contributed by atoms with van der Waals surface area (Å²) in [5.41, 5.74) is 7.09. The summed E-state index contributed by atoms with van der Waals surface area (Å²) in [5, 5.41) is 3.57. The number of nitrogens with two attached hydrogens (primary N) is 1. The number of methoxy groups -OCH3 is 1. The highest BCUT2D eigenvalue weighted by molar-refractivity contribution is 6.01.